The van der Waals surface area contributed by atoms with Crippen LogP contribution in [-0.4, -0.2) is 32.1 Å². The van der Waals surface area contributed by atoms with Crippen LogP contribution in [0.5, 0.6) is 0 Å². The molecule has 4 nitrogen and oxygen atoms in total. The highest BCUT2D eigenvalue weighted by Gasteiger charge is 2.08. The summed E-state index contributed by atoms with van der Waals surface area (Å²) in [6, 6.07) is 9.09. The molecule has 20 heavy (non-hydrogen) atoms. The Hall–Kier alpha value is -1.24. The van der Waals surface area contributed by atoms with E-state index in [1.807, 2.05) is 30.3 Å². The minimum absolute atomic E-state index is 0. The molecule has 1 aromatic carbocycles. The van der Waals surface area contributed by atoms with Crippen LogP contribution in [0.4, 0.5) is 8.78 Å². The van der Waals surface area contributed by atoms with Crippen molar-refractivity contribution in [1.29, 1.82) is 0 Å². The zero-order chi connectivity index (χ0) is 14.1. The lowest BCUT2D eigenvalue weighted by molar-refractivity contribution is -0.122. The highest BCUT2D eigenvalue weighted by molar-refractivity contribution is 5.85. The molecule has 0 saturated heterocycles. The molecule has 0 bridgehead atoms. The van der Waals surface area contributed by atoms with E-state index in [1.54, 1.807) is 0 Å². The average molecular weight is 309 g/mol. The third-order valence-electron chi connectivity index (χ3n) is 2.46. The Morgan fingerprint density at radius 2 is 1.95 bits per heavy atom. The molecule has 0 saturated carbocycles. The average Bonchev–Trinajstić information content (AvgIpc) is 2.41. The predicted molar refractivity (Wildman–Crippen MR) is 75.1 cm³/mol. The van der Waals surface area contributed by atoms with Crippen LogP contribution in [0, 0.1) is 0 Å². The normalized spacial score (nSPS) is 11.8. The molecule has 0 aliphatic rings. The maximum atomic E-state index is 11.8. The lowest BCUT2D eigenvalue weighted by Crippen LogP contribution is -2.32. The molecule has 7 heteroatoms. The number of ether oxygens (including phenoxy) is 1. The molecule has 0 aliphatic carbocycles. The summed E-state index contributed by atoms with van der Waals surface area (Å²) in [7, 11) is 0. The second-order valence-corrected chi connectivity index (χ2v) is 4.04. The molecule has 1 aromatic rings. The number of hydrogen-bond acceptors (Lipinski definition) is 3. The summed E-state index contributed by atoms with van der Waals surface area (Å²) in [6.07, 6.45) is -2.46. The van der Waals surface area contributed by atoms with Crippen LogP contribution < -0.4 is 11.1 Å². The van der Waals surface area contributed by atoms with Gasteiger partial charge in [-0.3, -0.25) is 4.79 Å². The Morgan fingerprint density at radius 1 is 1.30 bits per heavy atom. The Morgan fingerprint density at radius 3 is 2.55 bits per heavy atom. The number of hydrogen-bond donors (Lipinski definition) is 2. The second-order valence-electron chi connectivity index (χ2n) is 4.04. The molecule has 0 spiro atoms. The van der Waals surface area contributed by atoms with Crippen molar-refractivity contribution >= 4 is 18.3 Å². The van der Waals surface area contributed by atoms with E-state index >= 15 is 0 Å². The topological polar surface area (TPSA) is 64.3 Å². The predicted octanol–water partition coefficient (Wildman–Crippen LogP) is 1.90. The van der Waals surface area contributed by atoms with Gasteiger partial charge in [-0.25, -0.2) is 8.78 Å². The van der Waals surface area contributed by atoms with E-state index in [0.717, 1.165) is 5.56 Å². The zero-order valence-electron chi connectivity index (χ0n) is 10.9. The number of alkyl halides is 2. The second kappa shape index (κ2) is 10.5. The Kier molecular flexibility index (Phi) is 9.88. The van der Waals surface area contributed by atoms with Gasteiger partial charge in [0.15, 0.2) is 0 Å². The highest BCUT2D eigenvalue weighted by atomic mass is 35.5. The lowest BCUT2D eigenvalue weighted by atomic mass is 10.1. The minimum Gasteiger partial charge on any atom is -0.375 e. The fourth-order valence-electron chi connectivity index (χ4n) is 1.47. The summed E-state index contributed by atoms with van der Waals surface area (Å²) in [5, 5.41) is 2.64. The number of rotatable bonds is 8. The van der Waals surface area contributed by atoms with Gasteiger partial charge in [-0.1, -0.05) is 30.3 Å². The lowest BCUT2D eigenvalue weighted by Gasteiger charge is -2.13. The number of benzene rings is 1. The van der Waals surface area contributed by atoms with E-state index in [0.29, 0.717) is 6.54 Å². The van der Waals surface area contributed by atoms with Crippen molar-refractivity contribution < 1.29 is 18.3 Å². The summed E-state index contributed by atoms with van der Waals surface area (Å²) in [5.41, 5.74) is 6.82. The molecular formula is C13H19ClF2N2O2. The molecule has 1 unspecified atom stereocenters. The van der Waals surface area contributed by atoms with Crippen molar-refractivity contribution in [1.82, 2.24) is 5.32 Å². The van der Waals surface area contributed by atoms with Crippen LogP contribution in [0.2, 0.25) is 0 Å². The Bertz CT molecular complexity index is 380. The van der Waals surface area contributed by atoms with Crippen LogP contribution in [0.1, 0.15) is 18.0 Å². The van der Waals surface area contributed by atoms with E-state index in [4.69, 9.17) is 5.73 Å². The minimum atomic E-state index is -2.51. The number of carbonyl (C=O) groups excluding carboxylic acids is 1. The first kappa shape index (κ1) is 18.8. The van der Waals surface area contributed by atoms with Crippen molar-refractivity contribution in [3.8, 4) is 0 Å². The van der Waals surface area contributed by atoms with Gasteiger partial charge in [0.25, 0.3) is 6.43 Å². The van der Waals surface area contributed by atoms with Gasteiger partial charge in [-0.2, -0.15) is 0 Å². The number of carbonyl (C=O) groups is 1. The smallest absolute Gasteiger partial charge is 0.261 e. The van der Waals surface area contributed by atoms with Gasteiger partial charge >= 0.3 is 0 Å². The van der Waals surface area contributed by atoms with E-state index in [2.05, 4.69) is 10.1 Å². The van der Waals surface area contributed by atoms with Crippen molar-refractivity contribution in [2.45, 2.75) is 18.9 Å². The summed E-state index contributed by atoms with van der Waals surface area (Å²) in [5.74, 6) is -0.263. The van der Waals surface area contributed by atoms with Crippen molar-refractivity contribution in [2.24, 2.45) is 5.73 Å². The fourth-order valence-corrected chi connectivity index (χ4v) is 1.47. The largest absolute Gasteiger partial charge is 0.375 e. The maximum absolute atomic E-state index is 11.8. The van der Waals surface area contributed by atoms with Crippen LogP contribution in [0.25, 0.3) is 0 Å². The molecule has 0 fully saturated rings. The number of amides is 1. The van der Waals surface area contributed by atoms with Crippen molar-refractivity contribution in [2.75, 3.05) is 19.8 Å². The summed E-state index contributed by atoms with van der Waals surface area (Å²) >= 11 is 0. The van der Waals surface area contributed by atoms with Crippen LogP contribution in [-0.2, 0) is 9.53 Å². The Balaban J connectivity index is 0.00000361. The molecule has 0 aliphatic heterocycles. The van der Waals surface area contributed by atoms with E-state index in [-0.39, 0.29) is 37.4 Å². The molecule has 114 valence electrons. The van der Waals surface area contributed by atoms with E-state index in [9.17, 15) is 13.6 Å². The summed E-state index contributed by atoms with van der Waals surface area (Å²) < 4.78 is 28.1. The molecule has 0 aromatic heterocycles. The third-order valence-corrected chi connectivity index (χ3v) is 2.46. The van der Waals surface area contributed by atoms with Gasteiger partial charge in [0.05, 0.1) is 6.61 Å². The summed E-state index contributed by atoms with van der Waals surface area (Å²) in [6.45, 7) is -0.356. The van der Waals surface area contributed by atoms with E-state index < -0.39 is 13.0 Å². The van der Waals surface area contributed by atoms with Crippen LogP contribution in [0.3, 0.4) is 0 Å². The SMILES string of the molecule is Cl.NC(CNC(=O)CCOCC(F)F)c1ccccc1. The molecular weight excluding hydrogens is 290 g/mol. The molecule has 1 amide bonds. The van der Waals surface area contributed by atoms with Crippen LogP contribution in [0.15, 0.2) is 30.3 Å². The van der Waals surface area contributed by atoms with Gasteiger partial charge in [0.2, 0.25) is 5.91 Å². The van der Waals surface area contributed by atoms with Gasteiger partial charge < -0.3 is 15.8 Å². The van der Waals surface area contributed by atoms with Gasteiger partial charge in [0, 0.05) is 19.0 Å². The first-order chi connectivity index (χ1) is 9.09. The molecule has 1 rings (SSSR count). The number of nitrogens with one attached hydrogen (secondary N) is 1. The first-order valence-electron chi connectivity index (χ1n) is 6.02. The standard InChI is InChI=1S/C13H18F2N2O2.ClH/c14-12(15)9-19-7-6-13(18)17-8-11(16)10-4-2-1-3-5-10;/h1-5,11-12H,6-9,16H2,(H,17,18);1H. The van der Waals surface area contributed by atoms with Crippen LogP contribution >= 0.6 is 12.4 Å². The monoisotopic (exact) mass is 308 g/mol. The Labute approximate surface area is 123 Å². The van der Waals surface area contributed by atoms with Crippen molar-refractivity contribution in [3.63, 3.8) is 0 Å². The van der Waals surface area contributed by atoms with Crippen molar-refractivity contribution in [3.05, 3.63) is 35.9 Å². The zero-order valence-corrected chi connectivity index (χ0v) is 11.7. The molecule has 1 atom stereocenters. The maximum Gasteiger partial charge on any atom is 0.261 e. The van der Waals surface area contributed by atoms with Gasteiger partial charge in [-0.05, 0) is 5.56 Å². The highest BCUT2D eigenvalue weighted by Crippen LogP contribution is 2.07. The fraction of sp³-hybridized carbons (Fsp3) is 0.462. The molecule has 0 heterocycles. The van der Waals surface area contributed by atoms with Gasteiger partial charge in [-0.15, -0.1) is 12.4 Å². The molecule has 3 N–H and O–H groups in total. The number of nitrogens with two attached hydrogens (primary N) is 1. The third kappa shape index (κ3) is 8.04. The quantitative estimate of drug-likeness (QED) is 0.721. The van der Waals surface area contributed by atoms with E-state index in [1.165, 1.54) is 0 Å². The first-order valence-corrected chi connectivity index (χ1v) is 6.02. The summed E-state index contributed by atoms with van der Waals surface area (Å²) in [4.78, 5) is 11.4. The van der Waals surface area contributed by atoms with Gasteiger partial charge in [0.1, 0.15) is 6.61 Å². The molecule has 0 radical (unpaired) electrons. The number of halogens is 3.